The van der Waals surface area contributed by atoms with E-state index in [-0.39, 0.29) is 6.03 Å². The molecule has 0 radical (unpaired) electrons. The van der Waals surface area contributed by atoms with Crippen LogP contribution in [0.3, 0.4) is 0 Å². The minimum absolute atomic E-state index is 0.0395. The number of carbonyl (C=O) groups excluding carboxylic acids is 1. The summed E-state index contributed by atoms with van der Waals surface area (Å²) in [5, 5.41) is 4.07. The Labute approximate surface area is 170 Å². The maximum Gasteiger partial charge on any atom is 0.317 e. The number of urea groups is 1. The highest BCUT2D eigenvalue weighted by atomic mass is 16.5. The Morgan fingerprint density at radius 1 is 1.10 bits per heavy atom. The number of aromatic nitrogens is 2. The smallest absolute Gasteiger partial charge is 0.317 e. The number of fused-ring (bicyclic) bond motifs is 1. The van der Waals surface area contributed by atoms with Crippen molar-refractivity contribution in [3.05, 3.63) is 66.0 Å². The number of pyridine rings is 2. The Morgan fingerprint density at radius 3 is 2.66 bits per heavy atom. The van der Waals surface area contributed by atoms with Crippen molar-refractivity contribution < 1.29 is 9.53 Å². The lowest BCUT2D eigenvalue weighted by Gasteiger charge is -2.34. The molecule has 0 spiro atoms. The first-order chi connectivity index (χ1) is 14.2. The molecular formula is C22H25N5O2. The predicted molar refractivity (Wildman–Crippen MR) is 112 cm³/mol. The molecule has 0 atom stereocenters. The summed E-state index contributed by atoms with van der Waals surface area (Å²) in [7, 11) is 1.60. The molecular weight excluding hydrogens is 366 g/mol. The molecule has 4 rings (SSSR count). The third kappa shape index (κ3) is 4.63. The van der Waals surface area contributed by atoms with E-state index in [0.29, 0.717) is 25.5 Å². The predicted octanol–water partition coefficient (Wildman–Crippen LogP) is 2.67. The number of benzene rings is 1. The topological polar surface area (TPSA) is 70.6 Å². The molecule has 0 saturated carbocycles. The highest BCUT2D eigenvalue weighted by molar-refractivity contribution is 5.83. The molecule has 1 aromatic carbocycles. The third-order valence-corrected chi connectivity index (χ3v) is 5.19. The Morgan fingerprint density at radius 2 is 1.90 bits per heavy atom. The van der Waals surface area contributed by atoms with E-state index in [1.807, 2.05) is 59.6 Å². The van der Waals surface area contributed by atoms with Gasteiger partial charge in [0.15, 0.2) is 0 Å². The van der Waals surface area contributed by atoms with Gasteiger partial charge in [-0.1, -0.05) is 24.3 Å². The van der Waals surface area contributed by atoms with Gasteiger partial charge in [0.1, 0.15) is 0 Å². The molecule has 0 bridgehead atoms. The summed E-state index contributed by atoms with van der Waals surface area (Å²) < 4.78 is 5.30. The van der Waals surface area contributed by atoms with Gasteiger partial charge in [0.25, 0.3) is 0 Å². The van der Waals surface area contributed by atoms with Crippen LogP contribution in [0.4, 0.5) is 4.79 Å². The number of amides is 2. The molecule has 7 nitrogen and oxygen atoms in total. The molecule has 3 aromatic rings. The van der Waals surface area contributed by atoms with Crippen molar-refractivity contribution in [2.24, 2.45) is 0 Å². The van der Waals surface area contributed by atoms with Crippen molar-refractivity contribution in [3.63, 3.8) is 0 Å². The second-order valence-corrected chi connectivity index (χ2v) is 7.08. The number of carbonyl (C=O) groups is 1. The van der Waals surface area contributed by atoms with Crippen molar-refractivity contribution in [1.82, 2.24) is 25.1 Å². The minimum Gasteiger partial charge on any atom is -0.481 e. The fraction of sp³-hybridized carbons (Fsp3) is 0.318. The van der Waals surface area contributed by atoms with Gasteiger partial charge >= 0.3 is 6.03 Å². The lowest BCUT2D eigenvalue weighted by Crippen LogP contribution is -2.51. The molecule has 1 fully saturated rings. The zero-order valence-corrected chi connectivity index (χ0v) is 16.5. The zero-order chi connectivity index (χ0) is 20.1. The quantitative estimate of drug-likeness (QED) is 0.724. The molecule has 0 aliphatic carbocycles. The van der Waals surface area contributed by atoms with Crippen LogP contribution in [0.1, 0.15) is 11.3 Å². The SMILES string of the molecule is COc1cc(CNC(=O)N2CCN(Cc3ccccn3)CC2)c2ccccc2n1. The molecule has 1 N–H and O–H groups in total. The van der Waals surface area contributed by atoms with E-state index >= 15 is 0 Å². The Balaban J connectivity index is 1.33. The van der Waals surface area contributed by atoms with E-state index in [1.54, 1.807) is 7.11 Å². The first-order valence-corrected chi connectivity index (χ1v) is 9.80. The summed E-state index contributed by atoms with van der Waals surface area (Å²) in [6.45, 7) is 4.36. The van der Waals surface area contributed by atoms with Crippen molar-refractivity contribution >= 4 is 16.9 Å². The largest absolute Gasteiger partial charge is 0.481 e. The molecule has 3 heterocycles. The van der Waals surface area contributed by atoms with Gasteiger partial charge in [0.2, 0.25) is 5.88 Å². The average molecular weight is 391 g/mol. The molecule has 1 aliphatic rings. The van der Waals surface area contributed by atoms with E-state index < -0.39 is 0 Å². The van der Waals surface area contributed by atoms with Crippen molar-refractivity contribution in [2.45, 2.75) is 13.1 Å². The van der Waals surface area contributed by atoms with Gasteiger partial charge in [-0.2, -0.15) is 0 Å². The van der Waals surface area contributed by atoms with Crippen LogP contribution in [0.25, 0.3) is 10.9 Å². The Hall–Kier alpha value is -3.19. The maximum absolute atomic E-state index is 12.7. The molecule has 2 aromatic heterocycles. The molecule has 0 unspecified atom stereocenters. The standard InChI is InChI=1S/C22H25N5O2/c1-29-21-14-17(19-7-2-3-8-20(19)25-21)15-24-22(28)27-12-10-26(11-13-27)16-18-6-4-5-9-23-18/h2-9,14H,10-13,15-16H2,1H3,(H,24,28). The first kappa shape index (κ1) is 19.1. The van der Waals surface area contributed by atoms with Gasteiger partial charge < -0.3 is 15.0 Å². The Bertz CT molecular complexity index is 971. The molecule has 29 heavy (non-hydrogen) atoms. The highest BCUT2D eigenvalue weighted by Crippen LogP contribution is 2.21. The fourth-order valence-corrected chi connectivity index (χ4v) is 3.58. The molecule has 1 saturated heterocycles. The minimum atomic E-state index is -0.0395. The number of piperazine rings is 1. The van der Waals surface area contributed by atoms with Crippen molar-refractivity contribution in [2.75, 3.05) is 33.3 Å². The number of rotatable bonds is 5. The van der Waals surface area contributed by atoms with E-state index in [1.165, 1.54) is 0 Å². The normalized spacial score (nSPS) is 14.7. The van der Waals surface area contributed by atoms with E-state index in [2.05, 4.69) is 20.2 Å². The molecule has 1 aliphatic heterocycles. The van der Waals surface area contributed by atoms with Gasteiger partial charge in [-0.05, 0) is 23.8 Å². The first-order valence-electron chi connectivity index (χ1n) is 9.80. The number of ether oxygens (including phenoxy) is 1. The van der Waals surface area contributed by atoms with Gasteiger partial charge in [-0.3, -0.25) is 9.88 Å². The molecule has 7 heteroatoms. The number of nitrogens with one attached hydrogen (secondary N) is 1. The average Bonchev–Trinajstić information content (AvgIpc) is 2.78. The van der Waals surface area contributed by atoms with Crippen LogP contribution in [0.15, 0.2) is 54.7 Å². The lowest BCUT2D eigenvalue weighted by molar-refractivity contribution is 0.134. The van der Waals surface area contributed by atoms with Crippen LogP contribution >= 0.6 is 0 Å². The summed E-state index contributed by atoms with van der Waals surface area (Å²) >= 11 is 0. The van der Waals surface area contributed by atoms with E-state index in [9.17, 15) is 4.79 Å². The van der Waals surface area contributed by atoms with Crippen LogP contribution < -0.4 is 10.1 Å². The lowest BCUT2D eigenvalue weighted by atomic mass is 10.1. The fourth-order valence-electron chi connectivity index (χ4n) is 3.58. The number of para-hydroxylation sites is 1. The highest BCUT2D eigenvalue weighted by Gasteiger charge is 2.21. The van der Waals surface area contributed by atoms with Crippen molar-refractivity contribution in [1.29, 1.82) is 0 Å². The number of hydrogen-bond acceptors (Lipinski definition) is 5. The van der Waals surface area contributed by atoms with Gasteiger partial charge in [-0.25, -0.2) is 9.78 Å². The number of methoxy groups -OCH3 is 1. The van der Waals surface area contributed by atoms with Gasteiger partial charge in [0, 0.05) is 56.9 Å². The molecule has 2 amide bonds. The number of hydrogen-bond donors (Lipinski definition) is 1. The van der Waals surface area contributed by atoms with Crippen LogP contribution in [-0.4, -0.2) is 59.1 Å². The van der Waals surface area contributed by atoms with E-state index in [4.69, 9.17) is 4.74 Å². The monoisotopic (exact) mass is 391 g/mol. The maximum atomic E-state index is 12.7. The van der Waals surface area contributed by atoms with Crippen LogP contribution in [0, 0.1) is 0 Å². The van der Waals surface area contributed by atoms with E-state index in [0.717, 1.165) is 41.8 Å². The number of nitrogens with zero attached hydrogens (tertiary/aromatic N) is 4. The second-order valence-electron chi connectivity index (χ2n) is 7.08. The summed E-state index contributed by atoms with van der Waals surface area (Å²) in [6, 6.07) is 15.7. The van der Waals surface area contributed by atoms with Crippen LogP contribution in [0.5, 0.6) is 5.88 Å². The summed E-state index contributed by atoms with van der Waals surface area (Å²) in [5.74, 6) is 0.552. The Kier molecular flexibility index (Phi) is 5.86. The van der Waals surface area contributed by atoms with Crippen LogP contribution in [0.2, 0.25) is 0 Å². The van der Waals surface area contributed by atoms with Gasteiger partial charge in [-0.15, -0.1) is 0 Å². The molecule has 150 valence electrons. The van der Waals surface area contributed by atoms with Gasteiger partial charge in [0.05, 0.1) is 18.3 Å². The second kappa shape index (κ2) is 8.87. The third-order valence-electron chi connectivity index (χ3n) is 5.19. The summed E-state index contributed by atoms with van der Waals surface area (Å²) in [6.07, 6.45) is 1.82. The van der Waals surface area contributed by atoms with Crippen molar-refractivity contribution in [3.8, 4) is 5.88 Å². The summed E-state index contributed by atoms with van der Waals surface area (Å²) in [5.41, 5.74) is 2.91. The van der Waals surface area contributed by atoms with Crippen LogP contribution in [-0.2, 0) is 13.1 Å². The summed E-state index contributed by atoms with van der Waals surface area (Å²) in [4.78, 5) is 25.7. The zero-order valence-electron chi connectivity index (χ0n) is 16.5.